The SMILES string of the molecule is CNC(=O)c1cc(Oc2ccc(C(=O)C(=O)Nc3cc(Br)c(F)cc3F)cc2)ccn1. The zero-order valence-corrected chi connectivity index (χ0v) is 17.5. The molecule has 158 valence electrons. The second kappa shape index (κ2) is 9.43. The Labute approximate surface area is 183 Å². The lowest BCUT2D eigenvalue weighted by Crippen LogP contribution is -2.23. The first-order valence-electron chi connectivity index (χ1n) is 8.74. The molecule has 2 N–H and O–H groups in total. The van der Waals surface area contributed by atoms with Crippen LogP contribution in [0.2, 0.25) is 0 Å². The summed E-state index contributed by atoms with van der Waals surface area (Å²) in [6.07, 6.45) is 1.41. The Kier molecular flexibility index (Phi) is 6.71. The first-order valence-corrected chi connectivity index (χ1v) is 9.54. The van der Waals surface area contributed by atoms with Gasteiger partial charge in [-0.2, -0.15) is 0 Å². The number of ether oxygens (including phenoxy) is 1. The number of nitrogens with one attached hydrogen (secondary N) is 2. The van der Waals surface area contributed by atoms with Crippen LogP contribution >= 0.6 is 15.9 Å². The molecule has 0 radical (unpaired) electrons. The highest BCUT2D eigenvalue weighted by Gasteiger charge is 2.19. The molecular formula is C21H14BrF2N3O4. The highest BCUT2D eigenvalue weighted by Crippen LogP contribution is 2.25. The van der Waals surface area contributed by atoms with Gasteiger partial charge in [0.15, 0.2) is 0 Å². The van der Waals surface area contributed by atoms with Gasteiger partial charge in [0.2, 0.25) is 0 Å². The van der Waals surface area contributed by atoms with Gasteiger partial charge in [0.25, 0.3) is 17.6 Å². The Morgan fingerprint density at radius 1 is 0.968 bits per heavy atom. The van der Waals surface area contributed by atoms with Crippen molar-refractivity contribution < 1.29 is 27.9 Å². The summed E-state index contributed by atoms with van der Waals surface area (Å²) < 4.78 is 32.6. The van der Waals surface area contributed by atoms with E-state index in [0.29, 0.717) is 17.6 Å². The van der Waals surface area contributed by atoms with E-state index < -0.39 is 23.3 Å². The number of Topliss-reactive ketones (excluding diaryl/α,β-unsaturated/α-hetero) is 1. The van der Waals surface area contributed by atoms with E-state index in [1.54, 1.807) is 6.07 Å². The van der Waals surface area contributed by atoms with E-state index in [4.69, 9.17) is 4.74 Å². The van der Waals surface area contributed by atoms with Crippen molar-refractivity contribution in [2.45, 2.75) is 0 Å². The number of amides is 2. The van der Waals surface area contributed by atoms with Crippen LogP contribution in [0.25, 0.3) is 0 Å². The smallest absolute Gasteiger partial charge is 0.296 e. The quantitative estimate of drug-likeness (QED) is 0.308. The van der Waals surface area contributed by atoms with Crippen molar-refractivity contribution in [2.24, 2.45) is 0 Å². The topological polar surface area (TPSA) is 97.4 Å². The van der Waals surface area contributed by atoms with Crippen LogP contribution < -0.4 is 15.4 Å². The summed E-state index contributed by atoms with van der Waals surface area (Å²) in [6.45, 7) is 0. The lowest BCUT2D eigenvalue weighted by molar-refractivity contribution is -0.112. The summed E-state index contributed by atoms with van der Waals surface area (Å²) in [5, 5.41) is 4.57. The minimum atomic E-state index is -1.09. The Hall–Kier alpha value is -3.66. The summed E-state index contributed by atoms with van der Waals surface area (Å²) in [4.78, 5) is 40.0. The number of nitrogens with zero attached hydrogens (tertiary/aromatic N) is 1. The molecule has 2 aromatic carbocycles. The molecule has 1 aromatic heterocycles. The average molecular weight is 490 g/mol. The summed E-state index contributed by atoms with van der Waals surface area (Å²) in [5.41, 5.74) is -0.133. The average Bonchev–Trinajstić information content (AvgIpc) is 2.77. The van der Waals surface area contributed by atoms with Gasteiger partial charge in [0, 0.05) is 30.9 Å². The first-order chi connectivity index (χ1) is 14.8. The molecule has 0 bridgehead atoms. The van der Waals surface area contributed by atoms with E-state index in [-0.39, 0.29) is 27.3 Å². The predicted octanol–water partition coefficient (Wildman–Crippen LogP) is 4.10. The minimum absolute atomic E-state index is 0.0345. The summed E-state index contributed by atoms with van der Waals surface area (Å²) in [6, 6.07) is 10.2. The van der Waals surface area contributed by atoms with Gasteiger partial charge in [0.1, 0.15) is 28.8 Å². The van der Waals surface area contributed by atoms with Crippen molar-refractivity contribution in [3.05, 3.63) is 82.1 Å². The zero-order valence-electron chi connectivity index (χ0n) is 15.9. The van der Waals surface area contributed by atoms with Crippen molar-refractivity contribution >= 4 is 39.2 Å². The van der Waals surface area contributed by atoms with Crippen LogP contribution in [0.4, 0.5) is 14.5 Å². The fourth-order valence-corrected chi connectivity index (χ4v) is 2.81. The van der Waals surface area contributed by atoms with E-state index >= 15 is 0 Å². The van der Waals surface area contributed by atoms with E-state index in [1.165, 1.54) is 43.6 Å². The Bertz CT molecular complexity index is 1170. The van der Waals surface area contributed by atoms with Gasteiger partial charge >= 0.3 is 0 Å². The van der Waals surface area contributed by atoms with E-state index in [2.05, 4.69) is 31.5 Å². The molecule has 0 saturated heterocycles. The van der Waals surface area contributed by atoms with Crippen molar-refractivity contribution in [3.63, 3.8) is 0 Å². The molecule has 3 aromatic rings. The number of benzene rings is 2. The molecule has 0 aliphatic heterocycles. The number of hydrogen-bond donors (Lipinski definition) is 2. The van der Waals surface area contributed by atoms with Crippen molar-refractivity contribution in [1.82, 2.24) is 10.3 Å². The molecule has 31 heavy (non-hydrogen) atoms. The zero-order chi connectivity index (χ0) is 22.5. The van der Waals surface area contributed by atoms with E-state index in [0.717, 1.165) is 6.07 Å². The molecule has 10 heteroatoms. The molecule has 3 rings (SSSR count). The van der Waals surface area contributed by atoms with Crippen molar-refractivity contribution in [3.8, 4) is 11.5 Å². The van der Waals surface area contributed by atoms with Gasteiger partial charge < -0.3 is 15.4 Å². The summed E-state index contributed by atoms with van der Waals surface area (Å²) >= 11 is 2.89. The first kappa shape index (κ1) is 22.0. The molecule has 0 saturated carbocycles. The van der Waals surface area contributed by atoms with Crippen LogP contribution in [0, 0.1) is 11.6 Å². The lowest BCUT2D eigenvalue weighted by atomic mass is 10.1. The van der Waals surface area contributed by atoms with Crippen LogP contribution in [-0.2, 0) is 4.79 Å². The fourth-order valence-electron chi connectivity index (χ4n) is 2.47. The largest absolute Gasteiger partial charge is 0.457 e. The van der Waals surface area contributed by atoms with Crippen molar-refractivity contribution in [2.75, 3.05) is 12.4 Å². The maximum absolute atomic E-state index is 13.8. The third-order valence-electron chi connectivity index (χ3n) is 4.01. The van der Waals surface area contributed by atoms with E-state index in [9.17, 15) is 23.2 Å². The molecular weight excluding hydrogens is 476 g/mol. The van der Waals surface area contributed by atoms with Gasteiger partial charge in [0.05, 0.1) is 10.2 Å². The van der Waals surface area contributed by atoms with Gasteiger partial charge in [-0.05, 0) is 52.3 Å². The number of pyridine rings is 1. The van der Waals surface area contributed by atoms with Gasteiger partial charge in [-0.3, -0.25) is 19.4 Å². The molecule has 0 spiro atoms. The molecule has 0 atom stereocenters. The minimum Gasteiger partial charge on any atom is -0.457 e. The number of ketones is 1. The Balaban J connectivity index is 1.69. The second-order valence-electron chi connectivity index (χ2n) is 6.11. The third kappa shape index (κ3) is 5.28. The van der Waals surface area contributed by atoms with Crippen LogP contribution in [0.3, 0.4) is 0 Å². The number of hydrogen-bond acceptors (Lipinski definition) is 5. The third-order valence-corrected chi connectivity index (χ3v) is 4.62. The lowest BCUT2D eigenvalue weighted by Gasteiger charge is -2.09. The Morgan fingerprint density at radius 2 is 1.68 bits per heavy atom. The standard InChI is InChI=1S/C21H14BrF2N3O4/c1-25-20(29)18-8-13(6-7-26-18)31-12-4-2-11(3-5-12)19(28)21(30)27-17-9-14(22)15(23)10-16(17)24/h2-10H,1H3,(H,25,29)(H,27,30). The number of aromatic nitrogens is 1. The van der Waals surface area contributed by atoms with Crippen LogP contribution in [0.15, 0.2) is 59.2 Å². The summed E-state index contributed by atoms with van der Waals surface area (Å²) in [5.74, 6) is -3.54. The number of rotatable bonds is 6. The maximum Gasteiger partial charge on any atom is 0.296 e. The second-order valence-corrected chi connectivity index (χ2v) is 6.97. The van der Waals surface area contributed by atoms with Crippen LogP contribution in [0.1, 0.15) is 20.8 Å². The molecule has 1 heterocycles. The van der Waals surface area contributed by atoms with Gasteiger partial charge in [-0.25, -0.2) is 8.78 Å². The highest BCUT2D eigenvalue weighted by atomic mass is 79.9. The number of carbonyl (C=O) groups is 3. The van der Waals surface area contributed by atoms with Crippen LogP contribution in [0.5, 0.6) is 11.5 Å². The number of halogens is 3. The Morgan fingerprint density at radius 3 is 2.35 bits per heavy atom. The fraction of sp³-hybridized carbons (Fsp3) is 0.0476. The maximum atomic E-state index is 13.8. The van der Waals surface area contributed by atoms with E-state index in [1.807, 2.05) is 0 Å². The normalized spacial score (nSPS) is 10.3. The number of anilines is 1. The van der Waals surface area contributed by atoms with Crippen LogP contribution in [-0.4, -0.2) is 29.6 Å². The molecule has 2 amide bonds. The molecule has 0 unspecified atom stereocenters. The highest BCUT2D eigenvalue weighted by molar-refractivity contribution is 9.10. The summed E-state index contributed by atoms with van der Waals surface area (Å²) in [7, 11) is 1.48. The van der Waals surface area contributed by atoms with Gasteiger partial charge in [-0.1, -0.05) is 0 Å². The molecule has 0 fully saturated rings. The number of carbonyl (C=O) groups excluding carboxylic acids is 3. The molecule has 0 aliphatic rings. The monoisotopic (exact) mass is 489 g/mol. The molecule has 7 nitrogen and oxygen atoms in total. The van der Waals surface area contributed by atoms with Gasteiger partial charge in [-0.15, -0.1) is 0 Å². The van der Waals surface area contributed by atoms with Crippen molar-refractivity contribution in [1.29, 1.82) is 0 Å². The predicted molar refractivity (Wildman–Crippen MR) is 111 cm³/mol. The molecule has 0 aliphatic carbocycles.